The molecule has 2 atom stereocenters. The number of hydrogen-bond donors (Lipinski definition) is 2. The normalized spacial score (nSPS) is 21.3. The van der Waals surface area contributed by atoms with Crippen LogP contribution < -0.4 is 25.2 Å². The van der Waals surface area contributed by atoms with Crippen LogP contribution in [0.15, 0.2) is 52.0 Å². The van der Waals surface area contributed by atoms with Gasteiger partial charge < -0.3 is 29.7 Å². The number of amides is 1. The van der Waals surface area contributed by atoms with Gasteiger partial charge in [-0.1, -0.05) is 23.4 Å². The largest absolute Gasteiger partial charge is 0.415 e. The fourth-order valence-electron chi connectivity index (χ4n) is 5.11. The predicted octanol–water partition coefficient (Wildman–Crippen LogP) is 3.56. The summed E-state index contributed by atoms with van der Waals surface area (Å²) < 4.78 is 10.0. The van der Waals surface area contributed by atoms with Crippen LogP contribution in [0.5, 0.6) is 5.95 Å². The number of ether oxygens (including phenoxy) is 1. The molecule has 2 N–H and O–H groups in total. The van der Waals surface area contributed by atoms with Crippen LogP contribution in [0.3, 0.4) is 0 Å². The lowest BCUT2D eigenvalue weighted by Crippen LogP contribution is -2.47. The van der Waals surface area contributed by atoms with E-state index in [2.05, 4.69) is 55.9 Å². The highest BCUT2D eigenvalue weighted by Gasteiger charge is 2.32. The maximum absolute atomic E-state index is 12.4. The fourth-order valence-corrected chi connectivity index (χ4v) is 6.16. The summed E-state index contributed by atoms with van der Waals surface area (Å²) in [5.41, 5.74) is 2.37. The third-order valence-electron chi connectivity index (χ3n) is 6.94. The maximum Gasteiger partial charge on any atom is 0.415 e. The first-order valence-corrected chi connectivity index (χ1v) is 13.5. The van der Waals surface area contributed by atoms with E-state index in [1.165, 1.54) is 18.0 Å². The quantitative estimate of drug-likeness (QED) is 0.514. The van der Waals surface area contributed by atoms with E-state index >= 15 is 0 Å². The minimum absolute atomic E-state index is 0.0599. The minimum atomic E-state index is -0.537. The molecule has 10 nitrogen and oxygen atoms in total. The zero-order valence-electron chi connectivity index (χ0n) is 19.9. The Morgan fingerprint density at radius 3 is 2.64 bits per heavy atom. The lowest BCUT2D eigenvalue weighted by Gasteiger charge is -2.36. The number of nitrogens with one attached hydrogen (secondary N) is 2. The van der Waals surface area contributed by atoms with E-state index in [9.17, 15) is 4.79 Å². The van der Waals surface area contributed by atoms with E-state index in [4.69, 9.17) is 19.2 Å². The summed E-state index contributed by atoms with van der Waals surface area (Å²) in [6.07, 6.45) is 4.68. The summed E-state index contributed by atoms with van der Waals surface area (Å²) in [5, 5.41) is 10.2. The van der Waals surface area contributed by atoms with Crippen LogP contribution in [0, 0.1) is 0 Å². The molecule has 11 heteroatoms. The third kappa shape index (κ3) is 4.92. The van der Waals surface area contributed by atoms with Crippen molar-refractivity contribution in [2.75, 3.05) is 47.0 Å². The highest BCUT2D eigenvalue weighted by atomic mass is 32.2. The molecule has 0 radical (unpaired) electrons. The average Bonchev–Trinajstić information content (AvgIpc) is 3.68. The Bertz CT molecular complexity index is 1190. The topological polar surface area (TPSA) is 109 Å². The Morgan fingerprint density at radius 1 is 1.03 bits per heavy atom. The number of aryl methyl sites for hydroxylation is 1. The van der Waals surface area contributed by atoms with Crippen molar-refractivity contribution in [2.24, 2.45) is 0 Å². The van der Waals surface area contributed by atoms with Crippen LogP contribution in [0.25, 0.3) is 0 Å². The molecule has 6 rings (SSSR count). The summed E-state index contributed by atoms with van der Waals surface area (Å²) in [4.78, 5) is 28.1. The van der Waals surface area contributed by atoms with Gasteiger partial charge in [-0.3, -0.25) is 0 Å². The molecule has 4 heterocycles. The maximum atomic E-state index is 12.4. The predicted molar refractivity (Wildman–Crippen MR) is 138 cm³/mol. The second kappa shape index (κ2) is 10.3. The zero-order chi connectivity index (χ0) is 24.3. The van der Waals surface area contributed by atoms with E-state index < -0.39 is 6.09 Å². The van der Waals surface area contributed by atoms with Crippen LogP contribution >= 0.6 is 11.8 Å². The lowest BCUT2D eigenvalue weighted by molar-refractivity contribution is 0.176. The number of benzene rings is 1. The Labute approximate surface area is 213 Å². The summed E-state index contributed by atoms with van der Waals surface area (Å²) in [7, 11) is 0. The van der Waals surface area contributed by atoms with Gasteiger partial charge in [-0.2, -0.15) is 4.98 Å². The molecule has 3 aliphatic rings. The molecule has 3 aromatic rings. The summed E-state index contributed by atoms with van der Waals surface area (Å²) in [6, 6.07) is 12.1. The molecule has 1 aromatic carbocycles. The molecular formula is C25H29N7O3S. The van der Waals surface area contributed by atoms with Crippen LogP contribution in [-0.2, 0) is 6.42 Å². The van der Waals surface area contributed by atoms with Crippen molar-refractivity contribution >= 4 is 35.3 Å². The molecule has 1 saturated carbocycles. The SMILES string of the molecule is O=C(N[C@H]1CCC[C@@H]1Nc1nc(N2CCN(c3ccccc3)CC2)nc2c1SCC2)Oc1ccno1. The molecule has 2 fully saturated rings. The number of aromatic nitrogens is 3. The first-order valence-electron chi connectivity index (χ1n) is 12.5. The Balaban J connectivity index is 1.14. The smallest absolute Gasteiger partial charge is 0.374 e. The zero-order valence-corrected chi connectivity index (χ0v) is 20.7. The first-order chi connectivity index (χ1) is 17.7. The molecule has 36 heavy (non-hydrogen) atoms. The van der Waals surface area contributed by atoms with Gasteiger partial charge in [0.2, 0.25) is 5.95 Å². The number of piperazine rings is 1. The van der Waals surface area contributed by atoms with E-state index in [0.717, 1.165) is 80.0 Å². The number of thioether (sulfide) groups is 1. The van der Waals surface area contributed by atoms with Gasteiger partial charge in [-0.05, 0) is 31.4 Å². The molecule has 188 valence electrons. The molecule has 0 unspecified atom stereocenters. The molecule has 0 bridgehead atoms. The molecule has 0 spiro atoms. The van der Waals surface area contributed by atoms with Crippen molar-refractivity contribution < 1.29 is 14.1 Å². The van der Waals surface area contributed by atoms with Crippen LogP contribution in [0.1, 0.15) is 25.0 Å². The first kappa shape index (κ1) is 23.0. The monoisotopic (exact) mass is 507 g/mol. The van der Waals surface area contributed by atoms with Crippen molar-refractivity contribution in [3.63, 3.8) is 0 Å². The number of carbonyl (C=O) groups excluding carboxylic acids is 1. The number of anilines is 3. The van der Waals surface area contributed by atoms with Crippen LogP contribution in [0.2, 0.25) is 0 Å². The van der Waals surface area contributed by atoms with Crippen molar-refractivity contribution in [3.05, 3.63) is 48.3 Å². The highest BCUT2D eigenvalue weighted by molar-refractivity contribution is 7.99. The number of nitrogens with zero attached hydrogens (tertiary/aromatic N) is 5. The second-order valence-electron chi connectivity index (χ2n) is 9.21. The lowest BCUT2D eigenvalue weighted by atomic mass is 10.1. The van der Waals surface area contributed by atoms with Gasteiger partial charge in [-0.25, -0.2) is 9.78 Å². The number of rotatable bonds is 6. The van der Waals surface area contributed by atoms with E-state index in [1.54, 1.807) is 11.8 Å². The molecule has 2 aromatic heterocycles. The van der Waals surface area contributed by atoms with Gasteiger partial charge in [0, 0.05) is 56.1 Å². The summed E-state index contributed by atoms with van der Waals surface area (Å²) in [5.74, 6) is 2.76. The van der Waals surface area contributed by atoms with E-state index in [0.29, 0.717) is 0 Å². The van der Waals surface area contributed by atoms with Crippen LogP contribution in [0.4, 0.5) is 22.2 Å². The number of carbonyl (C=O) groups is 1. The van der Waals surface area contributed by atoms with Gasteiger partial charge in [0.25, 0.3) is 0 Å². The molecule has 1 aliphatic carbocycles. The standard InChI is InChI=1S/C25H29N7O3S/c33-25(34-21-9-11-26-35-21)29-19-8-4-7-18(19)27-23-22-20(10-16-36-22)28-24(30-23)32-14-12-31(13-15-32)17-5-2-1-3-6-17/h1-3,5-6,9,11,18-19H,4,7-8,10,12-16H2,(H,29,33)(H,27,28,30)/t18-,19-/m0/s1. The van der Waals surface area contributed by atoms with Crippen LogP contribution in [-0.4, -0.2) is 65.2 Å². The van der Waals surface area contributed by atoms with Crippen molar-refractivity contribution in [1.82, 2.24) is 20.4 Å². The number of hydrogen-bond acceptors (Lipinski definition) is 10. The Hall–Kier alpha value is -3.47. The minimum Gasteiger partial charge on any atom is -0.374 e. The van der Waals surface area contributed by atoms with E-state index in [-0.39, 0.29) is 18.0 Å². The highest BCUT2D eigenvalue weighted by Crippen LogP contribution is 2.38. The van der Waals surface area contributed by atoms with Gasteiger partial charge >= 0.3 is 12.0 Å². The van der Waals surface area contributed by atoms with Gasteiger partial charge in [0.15, 0.2) is 0 Å². The van der Waals surface area contributed by atoms with Gasteiger partial charge in [0.05, 0.1) is 22.8 Å². The number of fused-ring (bicyclic) bond motifs is 1. The Morgan fingerprint density at radius 2 is 1.83 bits per heavy atom. The molecule has 1 saturated heterocycles. The number of para-hydroxylation sites is 1. The van der Waals surface area contributed by atoms with Crippen molar-refractivity contribution in [3.8, 4) is 5.95 Å². The van der Waals surface area contributed by atoms with Crippen molar-refractivity contribution in [2.45, 2.75) is 42.7 Å². The van der Waals surface area contributed by atoms with Crippen molar-refractivity contribution in [1.29, 1.82) is 0 Å². The van der Waals surface area contributed by atoms with E-state index in [1.807, 2.05) is 0 Å². The van der Waals surface area contributed by atoms with Gasteiger partial charge in [-0.15, -0.1) is 11.8 Å². The Kier molecular flexibility index (Phi) is 6.54. The molecular weight excluding hydrogens is 478 g/mol. The fraction of sp³-hybridized carbons (Fsp3) is 0.440. The third-order valence-corrected chi connectivity index (χ3v) is 8.07. The average molecular weight is 508 g/mol. The molecule has 2 aliphatic heterocycles. The summed E-state index contributed by atoms with van der Waals surface area (Å²) in [6.45, 7) is 3.62. The van der Waals surface area contributed by atoms with Gasteiger partial charge in [0.1, 0.15) is 5.82 Å². The molecule has 1 amide bonds. The second-order valence-corrected chi connectivity index (χ2v) is 10.3. The summed E-state index contributed by atoms with van der Waals surface area (Å²) >= 11 is 1.80.